The fourth-order valence-electron chi connectivity index (χ4n) is 2.88. The summed E-state index contributed by atoms with van der Waals surface area (Å²) in [6, 6.07) is -1.23. The number of hydrogen-bond acceptors (Lipinski definition) is 5. The molecule has 2 rings (SSSR count). The number of hydrogen-bond donors (Lipinski definition) is 4. The molecule has 8 nitrogen and oxygen atoms in total. The third-order valence-electron chi connectivity index (χ3n) is 4.28. The first-order chi connectivity index (χ1) is 11.1. The van der Waals surface area contributed by atoms with E-state index in [1.54, 1.807) is 34.6 Å². The summed E-state index contributed by atoms with van der Waals surface area (Å²) in [6.45, 7) is 10.3. The summed E-state index contributed by atoms with van der Waals surface area (Å²) in [7, 11) is 0. The van der Waals surface area contributed by atoms with Gasteiger partial charge in [0.2, 0.25) is 11.8 Å². The molecule has 2 aliphatic rings. The van der Waals surface area contributed by atoms with Gasteiger partial charge >= 0.3 is 6.09 Å². The number of piperidine rings is 1. The summed E-state index contributed by atoms with van der Waals surface area (Å²) in [6.07, 6.45) is -0.666. The Morgan fingerprint density at radius 3 is 2.08 bits per heavy atom. The zero-order valence-electron chi connectivity index (χ0n) is 14.9. The molecule has 2 fully saturated rings. The lowest BCUT2D eigenvalue weighted by atomic mass is 10.2. The second-order valence-electron chi connectivity index (χ2n) is 7.62. The van der Waals surface area contributed by atoms with Gasteiger partial charge in [-0.3, -0.25) is 9.59 Å². The molecule has 0 bridgehead atoms. The Morgan fingerprint density at radius 2 is 1.54 bits per heavy atom. The number of nitrogens with one attached hydrogen (secondary N) is 4. The number of carbonyl (C=O) groups is 3. The average molecular weight is 340 g/mol. The van der Waals surface area contributed by atoms with Gasteiger partial charge in [-0.15, -0.1) is 0 Å². The zero-order chi connectivity index (χ0) is 18.1. The van der Waals surface area contributed by atoms with E-state index in [0.29, 0.717) is 11.8 Å². The second-order valence-corrected chi connectivity index (χ2v) is 7.62. The Kier molecular flexibility index (Phi) is 5.37. The van der Waals surface area contributed by atoms with Crippen LogP contribution >= 0.6 is 0 Å². The number of carbonyl (C=O) groups excluding carboxylic acids is 3. The van der Waals surface area contributed by atoms with Gasteiger partial charge in [0.25, 0.3) is 0 Å². The van der Waals surface area contributed by atoms with E-state index in [1.807, 2.05) is 0 Å². The molecule has 1 saturated heterocycles. The molecule has 0 radical (unpaired) electrons. The van der Waals surface area contributed by atoms with Gasteiger partial charge in [0.1, 0.15) is 17.7 Å². The fourth-order valence-corrected chi connectivity index (χ4v) is 2.88. The highest BCUT2D eigenvalue weighted by Gasteiger charge is 2.53. The first-order valence-corrected chi connectivity index (χ1v) is 8.39. The SMILES string of the molecule is C[C@H](NC(=O)OC(C)(C)C)C(=O)N[C@@H](C)C(=O)N[C@H]1[C@@H]2CNC[C@@H]21. The maximum Gasteiger partial charge on any atom is 0.408 e. The predicted octanol–water partition coefficient (Wildman–Crippen LogP) is -0.262. The molecule has 0 aromatic carbocycles. The van der Waals surface area contributed by atoms with Gasteiger partial charge in [0.15, 0.2) is 0 Å². The monoisotopic (exact) mass is 340 g/mol. The molecule has 0 aromatic rings. The number of amides is 3. The highest BCUT2D eigenvalue weighted by Crippen LogP contribution is 2.41. The molecule has 0 unspecified atom stereocenters. The normalized spacial score (nSPS) is 27.5. The zero-order valence-corrected chi connectivity index (χ0v) is 14.9. The van der Waals surface area contributed by atoms with Crippen molar-refractivity contribution >= 4 is 17.9 Å². The van der Waals surface area contributed by atoms with Crippen LogP contribution < -0.4 is 21.3 Å². The first kappa shape index (κ1) is 18.5. The van der Waals surface area contributed by atoms with Crippen molar-refractivity contribution in [1.82, 2.24) is 21.3 Å². The van der Waals surface area contributed by atoms with Crippen LogP contribution in [-0.2, 0) is 14.3 Å². The van der Waals surface area contributed by atoms with E-state index in [1.165, 1.54) is 0 Å². The van der Waals surface area contributed by atoms with Crippen LogP contribution in [0.3, 0.4) is 0 Å². The van der Waals surface area contributed by atoms with E-state index >= 15 is 0 Å². The summed E-state index contributed by atoms with van der Waals surface area (Å²) >= 11 is 0. The Labute approximate surface area is 142 Å². The Bertz CT molecular complexity index is 507. The van der Waals surface area contributed by atoms with Gasteiger partial charge in [-0.1, -0.05) is 0 Å². The van der Waals surface area contributed by atoms with Crippen molar-refractivity contribution in [3.05, 3.63) is 0 Å². The average Bonchev–Trinajstić information content (AvgIpc) is 2.87. The molecule has 3 amide bonds. The third-order valence-corrected chi connectivity index (χ3v) is 4.28. The minimum atomic E-state index is -0.792. The molecular weight excluding hydrogens is 312 g/mol. The number of fused-ring (bicyclic) bond motifs is 1. The number of rotatable bonds is 5. The molecule has 0 aromatic heterocycles. The smallest absolute Gasteiger partial charge is 0.408 e. The molecule has 1 aliphatic heterocycles. The van der Waals surface area contributed by atoms with Crippen LogP contribution in [0.15, 0.2) is 0 Å². The molecule has 8 heteroatoms. The lowest BCUT2D eigenvalue weighted by molar-refractivity contribution is -0.129. The van der Waals surface area contributed by atoms with E-state index in [-0.39, 0.29) is 11.9 Å². The molecule has 136 valence electrons. The van der Waals surface area contributed by atoms with Crippen molar-refractivity contribution in [2.45, 2.75) is 58.3 Å². The Balaban J connectivity index is 1.72. The lowest BCUT2D eigenvalue weighted by Crippen LogP contribution is -2.52. The van der Waals surface area contributed by atoms with Gasteiger partial charge < -0.3 is 26.0 Å². The predicted molar refractivity (Wildman–Crippen MR) is 88.2 cm³/mol. The molecule has 24 heavy (non-hydrogen) atoms. The summed E-state index contributed by atoms with van der Waals surface area (Å²) in [5.74, 6) is 0.405. The minimum Gasteiger partial charge on any atom is -0.444 e. The second kappa shape index (κ2) is 6.96. The van der Waals surface area contributed by atoms with Crippen LogP contribution in [0.25, 0.3) is 0 Å². The van der Waals surface area contributed by atoms with E-state index in [2.05, 4.69) is 21.3 Å². The van der Waals surface area contributed by atoms with Gasteiger partial charge in [-0.2, -0.15) is 0 Å². The highest BCUT2D eigenvalue weighted by atomic mass is 16.6. The van der Waals surface area contributed by atoms with Crippen molar-refractivity contribution in [1.29, 1.82) is 0 Å². The Hall–Kier alpha value is -1.83. The molecule has 5 atom stereocenters. The molecule has 0 spiro atoms. The van der Waals surface area contributed by atoms with Crippen LogP contribution in [0.1, 0.15) is 34.6 Å². The largest absolute Gasteiger partial charge is 0.444 e. The van der Waals surface area contributed by atoms with Gasteiger partial charge in [0.05, 0.1) is 0 Å². The molecule has 1 heterocycles. The summed E-state index contributed by atoms with van der Waals surface area (Å²) in [5, 5.41) is 11.3. The van der Waals surface area contributed by atoms with Gasteiger partial charge in [-0.05, 0) is 46.5 Å². The van der Waals surface area contributed by atoms with E-state index < -0.39 is 29.7 Å². The molecular formula is C16H28N4O4. The highest BCUT2D eigenvalue weighted by molar-refractivity contribution is 5.91. The molecule has 4 N–H and O–H groups in total. The van der Waals surface area contributed by atoms with Gasteiger partial charge in [-0.25, -0.2) is 4.79 Å². The van der Waals surface area contributed by atoms with Crippen molar-refractivity contribution in [2.24, 2.45) is 11.8 Å². The summed E-state index contributed by atoms with van der Waals surface area (Å²) in [4.78, 5) is 35.9. The van der Waals surface area contributed by atoms with Crippen LogP contribution in [0.2, 0.25) is 0 Å². The summed E-state index contributed by atoms with van der Waals surface area (Å²) < 4.78 is 5.10. The Morgan fingerprint density at radius 1 is 1.00 bits per heavy atom. The van der Waals surface area contributed by atoms with Gasteiger partial charge in [0, 0.05) is 19.1 Å². The third kappa shape index (κ3) is 4.83. The van der Waals surface area contributed by atoms with E-state index in [4.69, 9.17) is 4.74 Å². The minimum absolute atomic E-state index is 0.202. The van der Waals surface area contributed by atoms with Crippen LogP contribution in [0.5, 0.6) is 0 Å². The standard InChI is InChI=1S/C16H28N4O4/c1-8(14(22)20-12-10-6-17-7-11(10)12)18-13(21)9(2)19-15(23)24-16(3,4)5/h8-12,17H,6-7H2,1-5H3,(H,18,21)(H,19,23)(H,20,22)/t8-,9-,10-,11+,12+/m0/s1. The van der Waals surface area contributed by atoms with E-state index in [0.717, 1.165) is 13.1 Å². The lowest BCUT2D eigenvalue weighted by Gasteiger charge is -2.22. The number of ether oxygens (including phenoxy) is 1. The molecule has 1 aliphatic carbocycles. The van der Waals surface area contributed by atoms with Crippen LogP contribution in [-0.4, -0.2) is 54.7 Å². The van der Waals surface area contributed by atoms with Crippen LogP contribution in [0, 0.1) is 11.8 Å². The maximum atomic E-state index is 12.1. The van der Waals surface area contributed by atoms with Crippen molar-refractivity contribution < 1.29 is 19.1 Å². The first-order valence-electron chi connectivity index (χ1n) is 8.39. The number of alkyl carbamates (subject to hydrolysis) is 1. The van der Waals surface area contributed by atoms with Crippen molar-refractivity contribution in [3.8, 4) is 0 Å². The quantitative estimate of drug-likeness (QED) is 0.551. The fraction of sp³-hybridized carbons (Fsp3) is 0.812. The van der Waals surface area contributed by atoms with Crippen LogP contribution in [0.4, 0.5) is 4.79 Å². The van der Waals surface area contributed by atoms with E-state index in [9.17, 15) is 14.4 Å². The summed E-state index contributed by atoms with van der Waals surface area (Å²) in [5.41, 5.74) is -0.634. The van der Waals surface area contributed by atoms with Crippen molar-refractivity contribution in [3.63, 3.8) is 0 Å². The molecule has 1 saturated carbocycles. The maximum absolute atomic E-state index is 12.1. The van der Waals surface area contributed by atoms with Crippen molar-refractivity contribution in [2.75, 3.05) is 13.1 Å². The topological polar surface area (TPSA) is 109 Å².